The maximum absolute atomic E-state index is 5.91. The molecule has 1 aromatic heterocycles. The number of fused-ring (bicyclic) bond motifs is 1. The van der Waals surface area contributed by atoms with Crippen molar-refractivity contribution in [1.29, 1.82) is 0 Å². The van der Waals surface area contributed by atoms with Gasteiger partial charge in [0.15, 0.2) is 0 Å². The summed E-state index contributed by atoms with van der Waals surface area (Å²) in [5.41, 5.74) is 9.91. The first-order valence-corrected chi connectivity index (χ1v) is 8.02. The van der Waals surface area contributed by atoms with Crippen molar-refractivity contribution in [2.45, 2.75) is 51.3 Å². The van der Waals surface area contributed by atoms with Gasteiger partial charge in [0.2, 0.25) is 0 Å². The number of hydrogen-bond donors (Lipinski definition) is 1. The summed E-state index contributed by atoms with van der Waals surface area (Å²) in [6, 6.07) is 6.95. The molecule has 0 spiro atoms. The molecule has 1 aromatic carbocycles. The van der Waals surface area contributed by atoms with Crippen LogP contribution in [0.4, 0.5) is 0 Å². The number of nitrogens with two attached hydrogens (primary N) is 1. The Hall–Kier alpha value is -0.930. The number of nitrogens with zero attached hydrogens (tertiary/aromatic N) is 1. The molecule has 0 atom stereocenters. The van der Waals surface area contributed by atoms with Gasteiger partial charge >= 0.3 is 0 Å². The van der Waals surface area contributed by atoms with Crippen molar-refractivity contribution < 1.29 is 0 Å². The molecule has 2 rings (SSSR count). The molecule has 0 unspecified atom stereocenters. The highest BCUT2D eigenvalue weighted by Crippen LogP contribution is 2.31. The van der Waals surface area contributed by atoms with E-state index in [-0.39, 0.29) is 0 Å². The van der Waals surface area contributed by atoms with Crippen LogP contribution in [-0.4, -0.2) is 9.82 Å². The molecule has 0 radical (unpaired) electrons. The smallest absolute Gasteiger partial charge is 0.0489 e. The van der Waals surface area contributed by atoms with E-state index in [1.165, 1.54) is 22.0 Å². The van der Waals surface area contributed by atoms with Crippen molar-refractivity contribution in [2.24, 2.45) is 5.73 Å². The van der Waals surface area contributed by atoms with E-state index < -0.39 is 0 Å². The normalized spacial score (nSPS) is 11.9. The Morgan fingerprint density at radius 1 is 1.16 bits per heavy atom. The minimum Gasteiger partial charge on any atom is -0.345 e. The van der Waals surface area contributed by atoms with E-state index in [9.17, 15) is 0 Å². The lowest BCUT2D eigenvalue weighted by Gasteiger charge is -2.09. The fourth-order valence-corrected chi connectivity index (χ4v) is 3.17. The van der Waals surface area contributed by atoms with E-state index in [4.69, 9.17) is 5.73 Å². The van der Waals surface area contributed by atoms with Crippen LogP contribution in [-0.2, 0) is 12.3 Å². The Labute approximate surface area is 120 Å². The predicted molar refractivity (Wildman–Crippen MR) is 86.6 cm³/mol. The van der Waals surface area contributed by atoms with Gasteiger partial charge in [0.25, 0.3) is 0 Å². The zero-order valence-electron chi connectivity index (χ0n) is 12.3. The molecule has 1 heterocycles. The van der Waals surface area contributed by atoms with Crippen molar-refractivity contribution >= 4 is 22.7 Å². The first-order valence-electron chi connectivity index (χ1n) is 6.97. The maximum atomic E-state index is 5.91. The van der Waals surface area contributed by atoms with Gasteiger partial charge in [-0.05, 0) is 36.3 Å². The zero-order chi connectivity index (χ0) is 14.0. The Balaban J connectivity index is 2.55. The van der Waals surface area contributed by atoms with Crippen molar-refractivity contribution in [3.63, 3.8) is 0 Å². The number of benzene rings is 1. The van der Waals surface area contributed by atoms with Gasteiger partial charge in [0.05, 0.1) is 0 Å². The summed E-state index contributed by atoms with van der Waals surface area (Å²) in [5.74, 6) is 1.06. The van der Waals surface area contributed by atoms with E-state index >= 15 is 0 Å². The number of thioether (sulfide) groups is 1. The molecule has 2 N–H and O–H groups in total. The quantitative estimate of drug-likeness (QED) is 0.881. The number of rotatable bonds is 5. The summed E-state index contributed by atoms with van der Waals surface area (Å²) in [6.45, 7) is 9.56. The van der Waals surface area contributed by atoms with Crippen molar-refractivity contribution in [1.82, 2.24) is 4.57 Å². The number of aromatic nitrogens is 1. The van der Waals surface area contributed by atoms with E-state index in [1.54, 1.807) is 0 Å². The summed E-state index contributed by atoms with van der Waals surface area (Å²) in [7, 11) is 0. The minimum absolute atomic E-state index is 0.480. The minimum atomic E-state index is 0.480. The summed E-state index contributed by atoms with van der Waals surface area (Å²) in [5, 5.41) is 2.02. The van der Waals surface area contributed by atoms with Gasteiger partial charge in [0, 0.05) is 35.4 Å². The maximum Gasteiger partial charge on any atom is 0.0489 e. The molecule has 2 nitrogen and oxygen atoms in total. The lowest BCUT2D eigenvalue weighted by atomic mass is 10.1. The lowest BCUT2D eigenvalue weighted by molar-refractivity contribution is 0.621. The third-order valence-corrected chi connectivity index (χ3v) is 4.52. The molecule has 0 aliphatic carbocycles. The molecule has 0 saturated heterocycles. The molecule has 0 bridgehead atoms. The van der Waals surface area contributed by atoms with Crippen LogP contribution in [0.3, 0.4) is 0 Å². The molecular weight excluding hydrogens is 252 g/mol. The largest absolute Gasteiger partial charge is 0.345 e. The molecule has 0 saturated carbocycles. The molecule has 0 amide bonds. The highest BCUT2D eigenvalue weighted by atomic mass is 32.2. The molecule has 104 valence electrons. The van der Waals surface area contributed by atoms with Gasteiger partial charge in [-0.3, -0.25) is 0 Å². The monoisotopic (exact) mass is 276 g/mol. The Kier molecular flexibility index (Phi) is 4.58. The second kappa shape index (κ2) is 6.02. The van der Waals surface area contributed by atoms with E-state index in [0.29, 0.717) is 17.8 Å². The van der Waals surface area contributed by atoms with E-state index in [1.807, 2.05) is 11.8 Å². The third-order valence-electron chi connectivity index (χ3n) is 3.37. The van der Waals surface area contributed by atoms with Crippen LogP contribution < -0.4 is 5.73 Å². The fraction of sp³-hybridized carbons (Fsp3) is 0.500. The van der Waals surface area contributed by atoms with Crippen LogP contribution in [0, 0.1) is 0 Å². The van der Waals surface area contributed by atoms with Crippen LogP contribution in [0.1, 0.15) is 44.9 Å². The predicted octanol–water partition coefficient (Wildman–Crippen LogP) is 4.32. The Morgan fingerprint density at radius 3 is 2.47 bits per heavy atom. The average Bonchev–Trinajstić information content (AvgIpc) is 2.75. The molecule has 2 aromatic rings. The van der Waals surface area contributed by atoms with Crippen molar-refractivity contribution in [3.05, 3.63) is 35.5 Å². The van der Waals surface area contributed by atoms with Gasteiger partial charge < -0.3 is 10.3 Å². The molecule has 0 fully saturated rings. The van der Waals surface area contributed by atoms with Crippen LogP contribution in [0.2, 0.25) is 0 Å². The standard InChI is InChI=1S/C16H24N2S/c1-11(2)18-9-14(10-19-12(3)4)16-13(8-17)6-5-7-15(16)18/h5-7,9,11-12H,8,10,17H2,1-4H3. The van der Waals surface area contributed by atoms with Gasteiger partial charge in [-0.1, -0.05) is 26.0 Å². The molecular formula is C16H24N2S. The van der Waals surface area contributed by atoms with Gasteiger partial charge in [-0.15, -0.1) is 0 Å². The Morgan fingerprint density at radius 2 is 1.89 bits per heavy atom. The highest BCUT2D eigenvalue weighted by molar-refractivity contribution is 7.99. The third kappa shape index (κ3) is 2.98. The summed E-state index contributed by atoms with van der Waals surface area (Å²) < 4.78 is 2.37. The lowest BCUT2D eigenvalue weighted by Crippen LogP contribution is -2.00. The van der Waals surface area contributed by atoms with Crippen molar-refractivity contribution in [2.75, 3.05) is 0 Å². The average molecular weight is 276 g/mol. The molecule has 19 heavy (non-hydrogen) atoms. The first-order chi connectivity index (χ1) is 9.04. The van der Waals surface area contributed by atoms with Crippen LogP contribution in [0.15, 0.2) is 24.4 Å². The van der Waals surface area contributed by atoms with E-state index in [2.05, 4.69) is 56.7 Å². The SMILES string of the molecule is CC(C)SCc1cn(C(C)C)c2cccc(CN)c12. The second-order valence-electron chi connectivity index (χ2n) is 5.53. The molecule has 3 heteroatoms. The van der Waals surface area contributed by atoms with E-state index in [0.717, 1.165) is 5.75 Å². The Bertz CT molecular complexity index is 555. The molecule has 0 aliphatic rings. The fourth-order valence-electron chi connectivity index (χ4n) is 2.44. The molecule has 0 aliphatic heterocycles. The van der Waals surface area contributed by atoms with Crippen molar-refractivity contribution in [3.8, 4) is 0 Å². The second-order valence-corrected chi connectivity index (χ2v) is 7.10. The topological polar surface area (TPSA) is 30.9 Å². The summed E-state index contributed by atoms with van der Waals surface area (Å²) >= 11 is 1.99. The summed E-state index contributed by atoms with van der Waals surface area (Å²) in [6.07, 6.45) is 2.31. The van der Waals surface area contributed by atoms with Crippen LogP contribution in [0.25, 0.3) is 10.9 Å². The van der Waals surface area contributed by atoms with Crippen LogP contribution >= 0.6 is 11.8 Å². The van der Waals surface area contributed by atoms with Gasteiger partial charge in [-0.2, -0.15) is 11.8 Å². The highest BCUT2D eigenvalue weighted by Gasteiger charge is 2.13. The van der Waals surface area contributed by atoms with Gasteiger partial charge in [-0.25, -0.2) is 0 Å². The summed E-state index contributed by atoms with van der Waals surface area (Å²) in [4.78, 5) is 0. The zero-order valence-corrected chi connectivity index (χ0v) is 13.1. The first kappa shape index (κ1) is 14.5. The number of hydrogen-bond acceptors (Lipinski definition) is 2. The van der Waals surface area contributed by atoms with Crippen LogP contribution in [0.5, 0.6) is 0 Å². The van der Waals surface area contributed by atoms with Gasteiger partial charge in [0.1, 0.15) is 0 Å².